The molecule has 110 valence electrons. The maximum absolute atomic E-state index is 11.1. The second-order valence-electron chi connectivity index (χ2n) is 4.46. The second-order valence-corrected chi connectivity index (χ2v) is 4.46. The summed E-state index contributed by atoms with van der Waals surface area (Å²) in [5, 5.41) is 13.4. The van der Waals surface area contributed by atoms with Gasteiger partial charge in [0.05, 0.1) is 13.3 Å². The third-order valence-corrected chi connectivity index (χ3v) is 3.09. The molecule has 0 radical (unpaired) electrons. The summed E-state index contributed by atoms with van der Waals surface area (Å²) < 4.78 is 5.37. The molecular formula is C15H13N5O2. The van der Waals surface area contributed by atoms with Crippen LogP contribution in [0.2, 0.25) is 0 Å². The highest BCUT2D eigenvalue weighted by atomic mass is 16.5. The van der Waals surface area contributed by atoms with Crippen LogP contribution >= 0.6 is 0 Å². The lowest BCUT2D eigenvalue weighted by Gasteiger charge is -2.08. The largest absolute Gasteiger partial charge is 0.496 e. The first-order valence-electron chi connectivity index (χ1n) is 6.55. The molecule has 7 heteroatoms. The summed E-state index contributed by atoms with van der Waals surface area (Å²) in [5.74, 6) is 0.875. The van der Waals surface area contributed by atoms with E-state index < -0.39 is 0 Å². The van der Waals surface area contributed by atoms with Crippen LogP contribution in [0.25, 0.3) is 10.8 Å². The normalized spacial score (nSPS) is 11.0. The molecule has 0 aliphatic carbocycles. The molecular weight excluding hydrogens is 282 g/mol. The van der Waals surface area contributed by atoms with Crippen LogP contribution in [0.15, 0.2) is 52.5 Å². The molecule has 0 bridgehead atoms. The van der Waals surface area contributed by atoms with Crippen LogP contribution in [0.3, 0.4) is 0 Å². The van der Waals surface area contributed by atoms with Crippen LogP contribution in [0.5, 0.6) is 5.75 Å². The average Bonchev–Trinajstić information content (AvgIpc) is 2.55. The standard InChI is InChI=1S/C15H13N5O2/c1-22-13-7-6-10-4-2-3-5-11(10)12(13)8-16-19-15-18-14(21)9-17-20-15/h2-9H,1H3,(H2,18,19,20,21)/b16-8+. The Labute approximate surface area is 125 Å². The Morgan fingerprint density at radius 3 is 2.95 bits per heavy atom. The van der Waals surface area contributed by atoms with Crippen molar-refractivity contribution in [2.24, 2.45) is 5.10 Å². The first-order valence-corrected chi connectivity index (χ1v) is 6.55. The third kappa shape index (κ3) is 2.78. The van der Waals surface area contributed by atoms with E-state index in [1.807, 2.05) is 36.4 Å². The van der Waals surface area contributed by atoms with Crippen LogP contribution in [0.1, 0.15) is 5.56 Å². The summed E-state index contributed by atoms with van der Waals surface area (Å²) >= 11 is 0. The number of ether oxygens (including phenoxy) is 1. The molecule has 1 heterocycles. The van der Waals surface area contributed by atoms with E-state index in [-0.39, 0.29) is 11.5 Å². The van der Waals surface area contributed by atoms with E-state index in [4.69, 9.17) is 4.74 Å². The van der Waals surface area contributed by atoms with Gasteiger partial charge < -0.3 is 4.74 Å². The van der Waals surface area contributed by atoms with Gasteiger partial charge in [0.25, 0.3) is 5.56 Å². The first kappa shape index (κ1) is 13.7. The van der Waals surface area contributed by atoms with Crippen molar-refractivity contribution in [3.05, 3.63) is 58.5 Å². The number of nitrogens with zero attached hydrogens (tertiary/aromatic N) is 3. The number of fused-ring (bicyclic) bond motifs is 1. The number of H-pyrrole nitrogens is 1. The molecule has 0 spiro atoms. The van der Waals surface area contributed by atoms with Gasteiger partial charge in [-0.2, -0.15) is 5.10 Å². The van der Waals surface area contributed by atoms with Gasteiger partial charge in [0.1, 0.15) is 11.9 Å². The van der Waals surface area contributed by atoms with E-state index in [1.165, 1.54) is 0 Å². The lowest BCUT2D eigenvalue weighted by molar-refractivity contribution is 0.415. The second kappa shape index (κ2) is 6.04. The smallest absolute Gasteiger partial charge is 0.271 e. The number of benzene rings is 2. The highest BCUT2D eigenvalue weighted by Gasteiger charge is 2.05. The summed E-state index contributed by atoms with van der Waals surface area (Å²) in [5.41, 5.74) is 3.12. The summed E-state index contributed by atoms with van der Waals surface area (Å²) in [4.78, 5) is 13.6. The van der Waals surface area contributed by atoms with Crippen molar-refractivity contribution in [2.45, 2.75) is 0 Å². The minimum Gasteiger partial charge on any atom is -0.496 e. The Morgan fingerprint density at radius 2 is 2.14 bits per heavy atom. The van der Waals surface area contributed by atoms with Gasteiger partial charge >= 0.3 is 0 Å². The molecule has 2 N–H and O–H groups in total. The van der Waals surface area contributed by atoms with E-state index in [0.29, 0.717) is 5.75 Å². The predicted molar refractivity (Wildman–Crippen MR) is 84.4 cm³/mol. The Balaban J connectivity index is 1.95. The SMILES string of the molecule is COc1ccc2ccccc2c1/C=N/Nc1nncc(=O)[nH]1. The van der Waals surface area contributed by atoms with Gasteiger partial charge in [-0.1, -0.05) is 30.3 Å². The van der Waals surface area contributed by atoms with Crippen molar-refractivity contribution in [3.63, 3.8) is 0 Å². The van der Waals surface area contributed by atoms with Gasteiger partial charge in [-0.25, -0.2) is 5.43 Å². The number of nitrogens with one attached hydrogen (secondary N) is 2. The maximum atomic E-state index is 11.1. The van der Waals surface area contributed by atoms with Crippen molar-refractivity contribution < 1.29 is 4.74 Å². The van der Waals surface area contributed by atoms with Crippen LogP contribution in [-0.4, -0.2) is 28.5 Å². The first-order chi connectivity index (χ1) is 10.8. The number of methoxy groups -OCH3 is 1. The van der Waals surface area contributed by atoms with Gasteiger partial charge in [-0.3, -0.25) is 9.78 Å². The number of hydrazone groups is 1. The highest BCUT2D eigenvalue weighted by Crippen LogP contribution is 2.26. The van der Waals surface area contributed by atoms with Crippen molar-refractivity contribution in [3.8, 4) is 5.75 Å². The zero-order valence-corrected chi connectivity index (χ0v) is 11.8. The van der Waals surface area contributed by atoms with Gasteiger partial charge in [0.15, 0.2) is 0 Å². The quantitative estimate of drug-likeness (QED) is 0.565. The van der Waals surface area contributed by atoms with Crippen LogP contribution < -0.4 is 15.7 Å². The van der Waals surface area contributed by atoms with Gasteiger partial charge in [0.2, 0.25) is 5.95 Å². The molecule has 1 aromatic heterocycles. The molecule has 0 aliphatic heterocycles. The molecule has 0 saturated heterocycles. The van der Waals surface area contributed by atoms with Crippen molar-refractivity contribution in [1.29, 1.82) is 0 Å². The zero-order valence-electron chi connectivity index (χ0n) is 11.8. The van der Waals surface area contributed by atoms with Gasteiger partial charge in [-0.15, -0.1) is 10.2 Å². The van der Waals surface area contributed by atoms with Crippen LogP contribution in [-0.2, 0) is 0 Å². The fourth-order valence-corrected chi connectivity index (χ4v) is 2.11. The third-order valence-electron chi connectivity index (χ3n) is 3.09. The Bertz CT molecular complexity index is 888. The lowest BCUT2D eigenvalue weighted by atomic mass is 10.0. The van der Waals surface area contributed by atoms with Crippen molar-refractivity contribution in [1.82, 2.24) is 15.2 Å². The van der Waals surface area contributed by atoms with E-state index in [2.05, 4.69) is 25.7 Å². The molecule has 0 atom stereocenters. The molecule has 0 saturated carbocycles. The van der Waals surface area contributed by atoms with Gasteiger partial charge in [0, 0.05) is 5.56 Å². The van der Waals surface area contributed by atoms with Crippen LogP contribution in [0, 0.1) is 0 Å². The summed E-state index contributed by atoms with van der Waals surface area (Å²) in [6, 6.07) is 11.8. The molecule has 0 unspecified atom stereocenters. The van der Waals surface area contributed by atoms with E-state index in [0.717, 1.165) is 22.5 Å². The zero-order chi connectivity index (χ0) is 15.4. The lowest BCUT2D eigenvalue weighted by Crippen LogP contribution is -2.10. The Hall–Kier alpha value is -3.22. The molecule has 3 aromatic rings. The fourth-order valence-electron chi connectivity index (χ4n) is 2.11. The predicted octanol–water partition coefficient (Wildman–Crippen LogP) is 1.77. The van der Waals surface area contributed by atoms with E-state index >= 15 is 0 Å². The maximum Gasteiger partial charge on any atom is 0.271 e. The molecule has 0 amide bonds. The Kier molecular flexibility index (Phi) is 3.78. The summed E-state index contributed by atoms with van der Waals surface area (Å²) in [6.45, 7) is 0. The minimum absolute atomic E-state index is 0.169. The minimum atomic E-state index is -0.351. The number of hydrogen-bond acceptors (Lipinski definition) is 6. The molecule has 0 fully saturated rings. The van der Waals surface area contributed by atoms with Gasteiger partial charge in [-0.05, 0) is 16.8 Å². The molecule has 22 heavy (non-hydrogen) atoms. The molecule has 2 aromatic carbocycles. The average molecular weight is 295 g/mol. The number of aromatic amines is 1. The fraction of sp³-hybridized carbons (Fsp3) is 0.0667. The number of hydrogen-bond donors (Lipinski definition) is 2. The summed E-state index contributed by atoms with van der Waals surface area (Å²) in [7, 11) is 1.61. The van der Waals surface area contributed by atoms with Crippen molar-refractivity contribution >= 4 is 22.9 Å². The molecule has 3 rings (SSSR count). The van der Waals surface area contributed by atoms with E-state index in [9.17, 15) is 4.79 Å². The van der Waals surface area contributed by atoms with Crippen LogP contribution in [0.4, 0.5) is 5.95 Å². The van der Waals surface area contributed by atoms with E-state index in [1.54, 1.807) is 13.3 Å². The highest BCUT2D eigenvalue weighted by molar-refractivity contribution is 6.02. The molecule has 0 aliphatic rings. The monoisotopic (exact) mass is 295 g/mol. The topological polar surface area (TPSA) is 92.3 Å². The van der Waals surface area contributed by atoms with Crippen molar-refractivity contribution in [2.75, 3.05) is 12.5 Å². The molecule has 7 nitrogen and oxygen atoms in total. The summed E-state index contributed by atoms with van der Waals surface area (Å²) in [6.07, 6.45) is 2.71. The number of anilines is 1. The number of aromatic nitrogens is 3. The Morgan fingerprint density at radius 1 is 1.27 bits per heavy atom. The number of rotatable bonds is 4.